The molecule has 7 rings (SSSR count). The quantitative estimate of drug-likeness (QED) is 0.172. The molecule has 14 heteroatoms. The molecule has 0 saturated carbocycles. The predicted octanol–water partition coefficient (Wildman–Crippen LogP) is 6.52. The average Bonchev–Trinajstić information content (AvgIpc) is 3.78. The summed E-state index contributed by atoms with van der Waals surface area (Å²) in [5.41, 5.74) is 2.38. The number of carbonyl (C=O) groups excluding carboxylic acids is 1. The van der Waals surface area contributed by atoms with Gasteiger partial charge < -0.3 is 0 Å². The first kappa shape index (κ1) is 32.4. The molecule has 1 atom stereocenters. The number of carbonyl (C=O) groups is 1. The molecule has 47 heavy (non-hydrogen) atoms. The average molecular weight is 767 g/mol. The minimum absolute atomic E-state index is 0.0863. The van der Waals surface area contributed by atoms with Crippen molar-refractivity contribution < 1.29 is 13.2 Å². The van der Waals surface area contributed by atoms with Gasteiger partial charge in [0.05, 0.1) is 27.3 Å². The number of anilines is 2. The van der Waals surface area contributed by atoms with Gasteiger partial charge in [0.25, 0.3) is 10.0 Å². The summed E-state index contributed by atoms with van der Waals surface area (Å²) in [4.78, 5) is 24.4. The van der Waals surface area contributed by atoms with Crippen LogP contribution >= 0.6 is 31.6 Å². The van der Waals surface area contributed by atoms with Crippen LogP contribution in [0.3, 0.4) is 0 Å². The second-order valence-electron chi connectivity index (χ2n) is 11.3. The molecular formula is C33H32AsClN6O3S3. The minimum atomic E-state index is -3.86. The van der Waals surface area contributed by atoms with Crippen molar-refractivity contribution in [2.24, 2.45) is 5.92 Å². The van der Waals surface area contributed by atoms with Crippen LogP contribution in [-0.2, 0) is 10.0 Å². The van der Waals surface area contributed by atoms with Gasteiger partial charge >= 0.3 is 149 Å². The second kappa shape index (κ2) is 14.1. The Labute approximate surface area is 290 Å². The van der Waals surface area contributed by atoms with E-state index in [0.29, 0.717) is 52.8 Å². The van der Waals surface area contributed by atoms with Gasteiger partial charge in [0, 0.05) is 17.1 Å². The van der Waals surface area contributed by atoms with E-state index in [1.54, 1.807) is 48.7 Å². The zero-order valence-corrected chi connectivity index (χ0v) is 30.3. The molecule has 9 nitrogen and oxygen atoms in total. The van der Waals surface area contributed by atoms with E-state index >= 15 is 0 Å². The molecule has 3 aromatic carbocycles. The summed E-state index contributed by atoms with van der Waals surface area (Å²) in [6.07, 6.45) is 4.98. The van der Waals surface area contributed by atoms with Crippen molar-refractivity contribution in [3.05, 3.63) is 96.3 Å². The van der Waals surface area contributed by atoms with Gasteiger partial charge in [-0.3, -0.25) is 0 Å². The van der Waals surface area contributed by atoms with Crippen molar-refractivity contribution in [2.45, 2.75) is 17.7 Å². The summed E-state index contributed by atoms with van der Waals surface area (Å²) in [5, 5.41) is 7.44. The van der Waals surface area contributed by atoms with Crippen molar-refractivity contribution >= 4 is 86.9 Å². The third-order valence-corrected chi connectivity index (χ3v) is 23.9. The number of nitrogens with zero attached hydrogens (tertiary/aromatic N) is 4. The zero-order chi connectivity index (χ0) is 32.4. The van der Waals surface area contributed by atoms with Crippen molar-refractivity contribution in [2.75, 3.05) is 41.8 Å². The van der Waals surface area contributed by atoms with Crippen LogP contribution in [0.15, 0.2) is 96.2 Å². The van der Waals surface area contributed by atoms with E-state index in [4.69, 9.17) is 16.6 Å². The Morgan fingerprint density at radius 1 is 1.00 bits per heavy atom. The van der Waals surface area contributed by atoms with E-state index in [1.165, 1.54) is 26.0 Å². The molecule has 0 spiro atoms. The number of hydrogen-bond donors (Lipinski definition) is 2. The number of urea groups is 1. The molecule has 242 valence electrons. The molecule has 2 aliphatic heterocycles. The fraction of sp³-hybridized carbons (Fsp3) is 0.242. The van der Waals surface area contributed by atoms with Gasteiger partial charge in [-0.1, -0.05) is 48.0 Å². The summed E-state index contributed by atoms with van der Waals surface area (Å²) in [7, 11) is 0.362. The van der Waals surface area contributed by atoms with Gasteiger partial charge in [0.2, 0.25) is 0 Å². The Balaban J connectivity index is 1.04. The number of benzene rings is 3. The maximum absolute atomic E-state index is 13.6. The number of hydrogen-bond acceptors (Lipinski definition) is 8. The Kier molecular flexibility index (Phi) is 9.75. The fourth-order valence-electron chi connectivity index (χ4n) is 5.83. The molecule has 2 aromatic heterocycles. The van der Waals surface area contributed by atoms with Crippen LogP contribution in [0.25, 0.3) is 22.2 Å². The topological polar surface area (TPSA) is 109 Å². The molecule has 2 aliphatic rings. The number of amides is 2. The third-order valence-electron chi connectivity index (χ3n) is 8.16. The summed E-state index contributed by atoms with van der Waals surface area (Å²) >= 11 is 5.59. The molecule has 0 aliphatic carbocycles. The van der Waals surface area contributed by atoms with E-state index < -0.39 is 22.4 Å². The summed E-state index contributed by atoms with van der Waals surface area (Å²) < 4.78 is 29.9. The summed E-state index contributed by atoms with van der Waals surface area (Å²) in [6.45, 7) is 1.90. The first-order valence-electron chi connectivity index (χ1n) is 15.3. The second-order valence-corrected chi connectivity index (χ2v) is 25.3. The molecule has 4 heterocycles. The van der Waals surface area contributed by atoms with Crippen LogP contribution in [0, 0.1) is 5.92 Å². The number of rotatable bonds is 8. The fourth-order valence-corrected chi connectivity index (χ4v) is 21.5. The Hall–Kier alpha value is -3.15. The van der Waals surface area contributed by atoms with E-state index in [9.17, 15) is 13.2 Å². The maximum atomic E-state index is 13.6. The molecule has 0 bridgehead atoms. The number of para-hydroxylation sites is 1. The molecule has 1 unspecified atom stereocenters. The third kappa shape index (κ3) is 7.03. The Morgan fingerprint density at radius 3 is 2.53 bits per heavy atom. The van der Waals surface area contributed by atoms with Gasteiger partial charge in [-0.05, 0) is 18.2 Å². The Morgan fingerprint density at radius 2 is 1.74 bits per heavy atom. The van der Waals surface area contributed by atoms with Crippen LogP contribution in [0.1, 0.15) is 12.8 Å². The van der Waals surface area contributed by atoms with Crippen LogP contribution in [0.2, 0.25) is 5.02 Å². The number of likely N-dealkylation sites (tertiary alicyclic amines) is 1. The SMILES string of the molecule is O=C(Nc1ccc([As]2SCCS2)cc1)N1CCCC(CNc2ncc(Cl)c(-c3cn(S(=O)(=O)c4ccccc4)c4ccccc34)n2)C1. The number of fused-ring (bicyclic) bond motifs is 1. The van der Waals surface area contributed by atoms with E-state index in [1.807, 2.05) is 29.2 Å². The van der Waals surface area contributed by atoms with Gasteiger partial charge in [0.1, 0.15) is 0 Å². The van der Waals surface area contributed by atoms with Crippen molar-refractivity contribution in [1.82, 2.24) is 18.8 Å². The van der Waals surface area contributed by atoms with Crippen molar-refractivity contribution in [1.29, 1.82) is 0 Å². The standard InChI is InChI=1S/C33H32AsClN6O3S3/c35-29-20-37-32(39-31(29)28-22-41(30-11-5-4-10-27(28)30)47(43,44)26-8-2-1-3-9-26)36-19-23-7-6-16-40(21-23)33(42)38-25-14-12-24(13-15-25)34-45-17-18-46-34/h1-5,8-15,20,22-23H,6-7,16-19,21H2,(H,38,42)(H,36,37,39). The van der Waals surface area contributed by atoms with E-state index in [-0.39, 0.29) is 16.8 Å². The van der Waals surface area contributed by atoms with Crippen molar-refractivity contribution in [3.63, 3.8) is 0 Å². The molecular weight excluding hydrogens is 735 g/mol. The van der Waals surface area contributed by atoms with Gasteiger partial charge in [-0.15, -0.1) is 0 Å². The van der Waals surface area contributed by atoms with Gasteiger partial charge in [-0.25, -0.2) is 22.4 Å². The van der Waals surface area contributed by atoms with Gasteiger partial charge in [0.15, 0.2) is 0 Å². The van der Waals surface area contributed by atoms with Crippen molar-refractivity contribution in [3.8, 4) is 11.3 Å². The van der Waals surface area contributed by atoms with E-state index in [2.05, 4.69) is 47.8 Å². The first-order valence-corrected chi connectivity index (χ1v) is 24.5. The number of aromatic nitrogens is 3. The summed E-state index contributed by atoms with van der Waals surface area (Å²) in [5.74, 6) is 3.08. The molecule has 2 saturated heterocycles. The van der Waals surface area contributed by atoms with Crippen LogP contribution in [0.5, 0.6) is 0 Å². The number of halogens is 1. The Bertz CT molecular complexity index is 2010. The van der Waals surface area contributed by atoms with Crippen LogP contribution < -0.4 is 15.0 Å². The van der Waals surface area contributed by atoms with Gasteiger partial charge in [-0.2, -0.15) is 0 Å². The monoisotopic (exact) mass is 766 g/mol. The zero-order valence-electron chi connectivity index (χ0n) is 25.3. The molecule has 2 amide bonds. The molecule has 2 fully saturated rings. The normalized spacial score (nSPS) is 17.2. The molecule has 2 N–H and O–H groups in total. The first-order chi connectivity index (χ1) is 22.9. The van der Waals surface area contributed by atoms with Crippen LogP contribution in [-0.4, -0.2) is 76.8 Å². The van der Waals surface area contributed by atoms with Crippen LogP contribution in [0.4, 0.5) is 16.4 Å². The number of piperidine rings is 1. The number of nitrogens with one attached hydrogen (secondary N) is 2. The predicted molar refractivity (Wildman–Crippen MR) is 196 cm³/mol. The summed E-state index contributed by atoms with van der Waals surface area (Å²) in [6, 6.07) is 23.9. The van der Waals surface area contributed by atoms with E-state index in [0.717, 1.165) is 18.5 Å². The molecule has 5 aromatic rings. The molecule has 0 radical (unpaired) electrons.